The van der Waals surface area contributed by atoms with Crippen molar-refractivity contribution in [1.29, 1.82) is 0 Å². The molecule has 3 rings (SSSR count). The predicted molar refractivity (Wildman–Crippen MR) is 94.8 cm³/mol. The first-order chi connectivity index (χ1) is 11.5. The third-order valence-electron chi connectivity index (χ3n) is 3.72. The molecule has 0 bridgehead atoms. The van der Waals surface area contributed by atoms with Crippen LogP contribution in [0.1, 0.15) is 5.56 Å². The van der Waals surface area contributed by atoms with Crippen LogP contribution >= 0.6 is 11.6 Å². The summed E-state index contributed by atoms with van der Waals surface area (Å²) in [5.41, 5.74) is 6.33. The molecule has 3 N–H and O–H groups in total. The SMILES string of the molecule is NC(Cc1ccc(Cl)c(Oc2ccc3ccccc3c2)c1)C(=O)O. The Morgan fingerprint density at radius 2 is 1.83 bits per heavy atom. The summed E-state index contributed by atoms with van der Waals surface area (Å²) in [4.78, 5) is 10.9. The molecule has 24 heavy (non-hydrogen) atoms. The topological polar surface area (TPSA) is 72.5 Å². The van der Waals surface area contributed by atoms with Crippen LogP contribution in [0.2, 0.25) is 5.02 Å². The number of hydrogen-bond acceptors (Lipinski definition) is 3. The highest BCUT2D eigenvalue weighted by molar-refractivity contribution is 6.32. The third kappa shape index (κ3) is 3.67. The summed E-state index contributed by atoms with van der Waals surface area (Å²) in [6, 6.07) is 18.0. The van der Waals surface area contributed by atoms with Crippen LogP contribution in [-0.2, 0) is 11.2 Å². The molecule has 0 spiro atoms. The van der Waals surface area contributed by atoms with Gasteiger partial charge in [-0.3, -0.25) is 4.79 Å². The predicted octanol–water partition coefficient (Wildman–Crippen LogP) is 4.24. The number of carboxylic acid groups (broad SMARTS) is 1. The van der Waals surface area contributed by atoms with E-state index in [4.69, 9.17) is 27.2 Å². The Hall–Kier alpha value is -2.56. The average Bonchev–Trinajstić information content (AvgIpc) is 2.57. The van der Waals surface area contributed by atoms with Crippen molar-refractivity contribution in [3.05, 3.63) is 71.2 Å². The van der Waals surface area contributed by atoms with Crippen molar-refractivity contribution in [2.45, 2.75) is 12.5 Å². The number of rotatable bonds is 5. The molecule has 0 amide bonds. The molecular formula is C19H16ClNO3. The summed E-state index contributed by atoms with van der Waals surface area (Å²) in [5, 5.41) is 11.6. The van der Waals surface area contributed by atoms with E-state index in [1.807, 2.05) is 42.5 Å². The zero-order valence-electron chi connectivity index (χ0n) is 12.8. The van der Waals surface area contributed by atoms with Crippen molar-refractivity contribution in [3.8, 4) is 11.5 Å². The van der Waals surface area contributed by atoms with E-state index >= 15 is 0 Å². The molecular weight excluding hydrogens is 326 g/mol. The van der Waals surface area contributed by atoms with Crippen molar-refractivity contribution < 1.29 is 14.6 Å². The van der Waals surface area contributed by atoms with Gasteiger partial charge in [0.15, 0.2) is 0 Å². The van der Waals surface area contributed by atoms with E-state index in [9.17, 15) is 4.79 Å². The van der Waals surface area contributed by atoms with Crippen molar-refractivity contribution in [1.82, 2.24) is 0 Å². The molecule has 1 atom stereocenters. The van der Waals surface area contributed by atoms with Crippen LogP contribution in [0.5, 0.6) is 11.5 Å². The summed E-state index contributed by atoms with van der Waals surface area (Å²) in [5.74, 6) is 0.0965. The lowest BCUT2D eigenvalue weighted by Crippen LogP contribution is -2.32. The Kier molecular flexibility index (Phi) is 4.69. The van der Waals surface area contributed by atoms with Crippen LogP contribution < -0.4 is 10.5 Å². The van der Waals surface area contributed by atoms with E-state index in [0.717, 1.165) is 16.3 Å². The normalized spacial score (nSPS) is 12.1. The molecule has 0 heterocycles. The Labute approximate surface area is 144 Å². The molecule has 5 heteroatoms. The second-order valence-electron chi connectivity index (χ2n) is 5.52. The van der Waals surface area contributed by atoms with E-state index in [0.29, 0.717) is 16.5 Å². The average molecular weight is 342 g/mol. The summed E-state index contributed by atoms with van der Waals surface area (Å²) >= 11 is 6.19. The smallest absolute Gasteiger partial charge is 0.320 e. The van der Waals surface area contributed by atoms with E-state index in [2.05, 4.69) is 0 Å². The van der Waals surface area contributed by atoms with E-state index in [1.165, 1.54) is 0 Å². The molecule has 122 valence electrons. The van der Waals surface area contributed by atoms with Crippen LogP contribution in [0.15, 0.2) is 60.7 Å². The van der Waals surface area contributed by atoms with Gasteiger partial charge in [-0.1, -0.05) is 48.0 Å². The van der Waals surface area contributed by atoms with Crippen molar-refractivity contribution in [3.63, 3.8) is 0 Å². The maximum Gasteiger partial charge on any atom is 0.320 e. The van der Waals surface area contributed by atoms with Crippen molar-refractivity contribution >= 4 is 28.3 Å². The maximum atomic E-state index is 10.9. The van der Waals surface area contributed by atoms with Crippen LogP contribution in [-0.4, -0.2) is 17.1 Å². The van der Waals surface area contributed by atoms with Crippen LogP contribution in [0.3, 0.4) is 0 Å². The first-order valence-corrected chi connectivity index (χ1v) is 7.84. The van der Waals surface area contributed by atoms with Gasteiger partial charge in [-0.05, 0) is 47.0 Å². The van der Waals surface area contributed by atoms with Gasteiger partial charge < -0.3 is 15.6 Å². The Morgan fingerprint density at radius 1 is 1.08 bits per heavy atom. The highest BCUT2D eigenvalue weighted by Crippen LogP contribution is 2.32. The van der Waals surface area contributed by atoms with Crippen LogP contribution in [0.4, 0.5) is 0 Å². The van der Waals surface area contributed by atoms with Gasteiger partial charge in [-0.25, -0.2) is 0 Å². The van der Waals surface area contributed by atoms with Gasteiger partial charge in [0, 0.05) is 0 Å². The standard InChI is InChI=1S/C19H16ClNO3/c20-16-8-5-12(9-17(21)19(22)23)10-18(16)24-15-7-6-13-3-1-2-4-14(13)11-15/h1-8,10-11,17H,9,21H2,(H,22,23). The van der Waals surface area contributed by atoms with Gasteiger partial charge in [0.05, 0.1) is 5.02 Å². The Morgan fingerprint density at radius 3 is 2.58 bits per heavy atom. The van der Waals surface area contributed by atoms with Gasteiger partial charge in [0.25, 0.3) is 0 Å². The number of nitrogens with two attached hydrogens (primary N) is 1. The number of hydrogen-bond donors (Lipinski definition) is 2. The molecule has 0 aliphatic carbocycles. The number of carbonyl (C=O) groups is 1. The molecule has 0 saturated carbocycles. The van der Waals surface area contributed by atoms with E-state index in [-0.39, 0.29) is 6.42 Å². The fourth-order valence-electron chi connectivity index (χ4n) is 2.45. The molecule has 0 saturated heterocycles. The zero-order valence-corrected chi connectivity index (χ0v) is 13.5. The highest BCUT2D eigenvalue weighted by atomic mass is 35.5. The van der Waals surface area contributed by atoms with Gasteiger partial charge in [-0.15, -0.1) is 0 Å². The van der Waals surface area contributed by atoms with Crippen molar-refractivity contribution in [2.24, 2.45) is 5.73 Å². The van der Waals surface area contributed by atoms with Gasteiger partial charge in [-0.2, -0.15) is 0 Å². The number of carboxylic acids is 1. The number of fused-ring (bicyclic) bond motifs is 1. The minimum atomic E-state index is -1.04. The fraction of sp³-hybridized carbons (Fsp3) is 0.105. The molecule has 1 unspecified atom stereocenters. The molecule has 0 radical (unpaired) electrons. The van der Waals surface area contributed by atoms with E-state index in [1.54, 1.807) is 18.2 Å². The Bertz CT molecular complexity index is 895. The molecule has 0 aromatic heterocycles. The van der Waals surface area contributed by atoms with Crippen molar-refractivity contribution in [2.75, 3.05) is 0 Å². The maximum absolute atomic E-state index is 10.9. The fourth-order valence-corrected chi connectivity index (χ4v) is 2.61. The molecule has 4 nitrogen and oxygen atoms in total. The third-order valence-corrected chi connectivity index (χ3v) is 4.03. The lowest BCUT2D eigenvalue weighted by Gasteiger charge is -2.12. The minimum absolute atomic E-state index is 0.209. The minimum Gasteiger partial charge on any atom is -0.480 e. The second kappa shape index (κ2) is 6.91. The van der Waals surface area contributed by atoms with Crippen LogP contribution in [0, 0.1) is 0 Å². The molecule has 3 aromatic carbocycles. The summed E-state index contributed by atoms with van der Waals surface area (Å²) in [6.45, 7) is 0. The van der Waals surface area contributed by atoms with Gasteiger partial charge in [0.2, 0.25) is 0 Å². The van der Waals surface area contributed by atoms with Gasteiger partial charge in [0.1, 0.15) is 17.5 Å². The lowest BCUT2D eigenvalue weighted by atomic mass is 10.1. The molecule has 0 aliphatic rings. The molecule has 0 aliphatic heterocycles. The summed E-state index contributed by atoms with van der Waals surface area (Å²) in [7, 11) is 0. The molecule has 0 fully saturated rings. The van der Waals surface area contributed by atoms with Gasteiger partial charge >= 0.3 is 5.97 Å². The van der Waals surface area contributed by atoms with Crippen LogP contribution in [0.25, 0.3) is 10.8 Å². The highest BCUT2D eigenvalue weighted by Gasteiger charge is 2.14. The number of aliphatic carboxylic acids is 1. The number of ether oxygens (including phenoxy) is 1. The first-order valence-electron chi connectivity index (χ1n) is 7.46. The first kappa shape index (κ1) is 16.3. The van der Waals surface area contributed by atoms with E-state index < -0.39 is 12.0 Å². The second-order valence-corrected chi connectivity index (χ2v) is 5.93. The number of benzene rings is 3. The summed E-state index contributed by atoms with van der Waals surface area (Å²) < 4.78 is 5.88. The molecule has 3 aromatic rings. The summed E-state index contributed by atoms with van der Waals surface area (Å²) in [6.07, 6.45) is 0.209. The zero-order chi connectivity index (χ0) is 17.1. The monoisotopic (exact) mass is 341 g/mol. The number of halogens is 1. The largest absolute Gasteiger partial charge is 0.480 e. The quantitative estimate of drug-likeness (QED) is 0.728. The lowest BCUT2D eigenvalue weighted by molar-refractivity contribution is -0.138. The Balaban J connectivity index is 1.86.